The Bertz CT molecular complexity index is 1310. The second-order valence-corrected chi connectivity index (χ2v) is 10.4. The number of likely N-dealkylation sites (tertiary alicyclic amines) is 2. The van der Waals surface area contributed by atoms with Crippen molar-refractivity contribution in [2.75, 3.05) is 38.0 Å². The van der Waals surface area contributed by atoms with E-state index in [2.05, 4.69) is 27.7 Å². The summed E-state index contributed by atoms with van der Waals surface area (Å²) in [5.74, 6) is -3.64. The molecule has 1 atom stereocenters. The molecule has 0 spiro atoms. The maximum absolute atomic E-state index is 14.7. The van der Waals surface area contributed by atoms with Gasteiger partial charge in [0, 0.05) is 32.2 Å². The number of aliphatic hydroxyl groups is 1. The van der Waals surface area contributed by atoms with Gasteiger partial charge in [0.05, 0.1) is 30.0 Å². The molecule has 2 fully saturated rings. The summed E-state index contributed by atoms with van der Waals surface area (Å²) >= 11 is 0. The molecule has 38 heavy (non-hydrogen) atoms. The molecule has 9 heteroatoms. The standard InChI is InChI=1S/C29H31F3N4O2/c1-19-7-10-25(24(31)13-19)34-27-22(8-9-23(30)26(27)32)28(37)36-17-29(38,18-36)16-33-21-11-12-35(15-21)14-20-5-3-2-4-6-20/h2-10,13,21,33-34,38H,11-12,14-18H2,1H3. The van der Waals surface area contributed by atoms with E-state index in [0.717, 1.165) is 32.1 Å². The van der Waals surface area contributed by atoms with E-state index in [4.69, 9.17) is 0 Å². The van der Waals surface area contributed by atoms with Gasteiger partial charge in [0.2, 0.25) is 0 Å². The number of nitrogens with zero attached hydrogens (tertiary/aromatic N) is 2. The minimum atomic E-state index is -1.27. The molecular weight excluding hydrogens is 493 g/mol. The van der Waals surface area contributed by atoms with E-state index in [1.54, 1.807) is 13.0 Å². The summed E-state index contributed by atoms with van der Waals surface area (Å²) in [6.07, 6.45) is 0.963. The molecule has 2 heterocycles. The van der Waals surface area contributed by atoms with Crippen LogP contribution in [0.4, 0.5) is 24.5 Å². The Morgan fingerprint density at radius 2 is 1.82 bits per heavy atom. The van der Waals surface area contributed by atoms with Gasteiger partial charge in [-0.05, 0) is 48.7 Å². The number of β-amino-alcohol motifs (C(OH)–C–C–N with tert-alkyl or cyclic N) is 1. The van der Waals surface area contributed by atoms with Gasteiger partial charge < -0.3 is 20.6 Å². The molecule has 3 aromatic rings. The van der Waals surface area contributed by atoms with E-state index < -0.39 is 34.6 Å². The zero-order chi connectivity index (χ0) is 26.9. The molecule has 0 radical (unpaired) electrons. The molecule has 0 saturated carbocycles. The predicted molar refractivity (Wildman–Crippen MR) is 140 cm³/mol. The maximum Gasteiger partial charge on any atom is 0.256 e. The van der Waals surface area contributed by atoms with Crippen LogP contribution >= 0.6 is 0 Å². The Morgan fingerprint density at radius 3 is 2.55 bits per heavy atom. The maximum atomic E-state index is 14.7. The monoisotopic (exact) mass is 524 g/mol. The molecule has 0 aliphatic carbocycles. The number of carbonyl (C=O) groups is 1. The van der Waals surface area contributed by atoms with Crippen molar-refractivity contribution in [3.63, 3.8) is 0 Å². The number of rotatable bonds is 8. The fourth-order valence-electron chi connectivity index (χ4n) is 5.12. The van der Waals surface area contributed by atoms with Gasteiger partial charge in [-0.1, -0.05) is 36.4 Å². The first kappa shape index (κ1) is 26.2. The van der Waals surface area contributed by atoms with E-state index >= 15 is 0 Å². The summed E-state index contributed by atoms with van der Waals surface area (Å²) in [5.41, 5.74) is 0.172. The Kier molecular flexibility index (Phi) is 7.43. The van der Waals surface area contributed by atoms with Crippen molar-refractivity contribution in [3.05, 3.63) is 94.8 Å². The number of aryl methyl sites for hydroxylation is 1. The van der Waals surface area contributed by atoms with Crippen LogP contribution in [-0.2, 0) is 6.54 Å². The van der Waals surface area contributed by atoms with E-state index in [9.17, 15) is 23.1 Å². The number of hydrogen-bond donors (Lipinski definition) is 3. The molecule has 1 amide bonds. The third-order valence-corrected chi connectivity index (χ3v) is 7.21. The summed E-state index contributed by atoms with van der Waals surface area (Å²) in [4.78, 5) is 16.9. The average Bonchev–Trinajstić information content (AvgIpc) is 3.33. The Balaban J connectivity index is 1.18. The van der Waals surface area contributed by atoms with Gasteiger partial charge in [-0.3, -0.25) is 9.69 Å². The number of nitrogens with one attached hydrogen (secondary N) is 2. The first-order valence-electron chi connectivity index (χ1n) is 12.7. The Morgan fingerprint density at radius 1 is 1.05 bits per heavy atom. The molecule has 0 aromatic heterocycles. The lowest BCUT2D eigenvalue weighted by molar-refractivity contribution is -0.0796. The highest BCUT2D eigenvalue weighted by Gasteiger charge is 2.44. The zero-order valence-electron chi connectivity index (χ0n) is 21.2. The van der Waals surface area contributed by atoms with Crippen molar-refractivity contribution < 1.29 is 23.1 Å². The summed E-state index contributed by atoms with van der Waals surface area (Å²) in [7, 11) is 0. The van der Waals surface area contributed by atoms with Crippen molar-refractivity contribution in [2.24, 2.45) is 0 Å². The number of anilines is 2. The van der Waals surface area contributed by atoms with Crippen LogP contribution < -0.4 is 10.6 Å². The van der Waals surface area contributed by atoms with E-state index in [1.807, 2.05) is 18.2 Å². The van der Waals surface area contributed by atoms with Crippen LogP contribution in [-0.4, -0.2) is 65.2 Å². The molecule has 5 rings (SSSR count). The molecule has 2 aliphatic heterocycles. The van der Waals surface area contributed by atoms with Crippen LogP contribution in [0.1, 0.15) is 27.9 Å². The van der Waals surface area contributed by atoms with Crippen LogP contribution in [0, 0.1) is 24.4 Å². The van der Waals surface area contributed by atoms with Gasteiger partial charge in [0.1, 0.15) is 11.4 Å². The fraction of sp³-hybridized carbons (Fsp3) is 0.345. The first-order valence-corrected chi connectivity index (χ1v) is 12.7. The van der Waals surface area contributed by atoms with Gasteiger partial charge in [-0.15, -0.1) is 0 Å². The predicted octanol–water partition coefficient (Wildman–Crippen LogP) is 4.21. The van der Waals surface area contributed by atoms with Gasteiger partial charge in [-0.25, -0.2) is 13.2 Å². The molecule has 200 valence electrons. The van der Waals surface area contributed by atoms with Crippen molar-refractivity contribution in [1.29, 1.82) is 0 Å². The third-order valence-electron chi connectivity index (χ3n) is 7.21. The van der Waals surface area contributed by atoms with E-state index in [-0.39, 0.29) is 30.4 Å². The molecule has 6 nitrogen and oxygen atoms in total. The third kappa shape index (κ3) is 5.70. The summed E-state index contributed by atoms with van der Waals surface area (Å²) in [6.45, 7) is 4.84. The lowest BCUT2D eigenvalue weighted by atomic mass is 9.92. The van der Waals surface area contributed by atoms with Gasteiger partial charge in [0.15, 0.2) is 11.6 Å². The van der Waals surface area contributed by atoms with E-state index in [1.165, 1.54) is 28.7 Å². The lowest BCUT2D eigenvalue weighted by Crippen LogP contribution is -2.67. The second-order valence-electron chi connectivity index (χ2n) is 10.4. The molecule has 0 bridgehead atoms. The smallest absolute Gasteiger partial charge is 0.256 e. The Hall–Kier alpha value is -3.40. The van der Waals surface area contributed by atoms with Crippen molar-refractivity contribution >= 4 is 17.3 Å². The van der Waals surface area contributed by atoms with Crippen LogP contribution in [0.25, 0.3) is 0 Å². The number of halogens is 3. The summed E-state index contributed by atoms with van der Waals surface area (Å²) in [6, 6.07) is 16.8. The van der Waals surface area contributed by atoms with E-state index in [0.29, 0.717) is 12.1 Å². The minimum absolute atomic E-state index is 0.0522. The van der Waals surface area contributed by atoms with Crippen LogP contribution in [0.2, 0.25) is 0 Å². The van der Waals surface area contributed by atoms with Crippen molar-refractivity contribution in [3.8, 4) is 0 Å². The average molecular weight is 525 g/mol. The zero-order valence-corrected chi connectivity index (χ0v) is 21.2. The molecule has 1 unspecified atom stereocenters. The molecule has 3 aromatic carbocycles. The van der Waals surface area contributed by atoms with Crippen molar-refractivity contribution in [2.45, 2.75) is 31.5 Å². The molecular formula is C29H31F3N4O2. The normalized spacial score (nSPS) is 18.9. The second kappa shape index (κ2) is 10.8. The highest BCUT2D eigenvalue weighted by molar-refractivity contribution is 6.01. The van der Waals surface area contributed by atoms with Gasteiger partial charge in [-0.2, -0.15) is 0 Å². The molecule has 3 N–H and O–H groups in total. The van der Waals surface area contributed by atoms with Gasteiger partial charge in [0.25, 0.3) is 5.91 Å². The number of carbonyl (C=O) groups excluding carboxylic acids is 1. The van der Waals surface area contributed by atoms with Crippen molar-refractivity contribution in [1.82, 2.24) is 15.1 Å². The highest BCUT2D eigenvalue weighted by Crippen LogP contribution is 2.31. The minimum Gasteiger partial charge on any atom is -0.385 e. The summed E-state index contributed by atoms with van der Waals surface area (Å²) < 4.78 is 43.1. The highest BCUT2D eigenvalue weighted by atomic mass is 19.2. The van der Waals surface area contributed by atoms with Gasteiger partial charge >= 0.3 is 0 Å². The Labute approximate surface area is 220 Å². The number of amides is 1. The number of benzene rings is 3. The number of hydrogen-bond acceptors (Lipinski definition) is 5. The lowest BCUT2D eigenvalue weighted by Gasteiger charge is -2.47. The largest absolute Gasteiger partial charge is 0.385 e. The van der Waals surface area contributed by atoms with Crippen LogP contribution in [0.5, 0.6) is 0 Å². The fourth-order valence-corrected chi connectivity index (χ4v) is 5.12. The van der Waals surface area contributed by atoms with Crippen LogP contribution in [0.15, 0.2) is 60.7 Å². The SMILES string of the molecule is Cc1ccc(Nc2c(C(=O)N3CC(O)(CNC4CCN(Cc5ccccc5)C4)C3)ccc(F)c2F)c(F)c1. The quantitative estimate of drug-likeness (QED) is 0.412. The molecule has 2 saturated heterocycles. The molecule has 2 aliphatic rings. The van der Waals surface area contributed by atoms with Crippen LogP contribution in [0.3, 0.4) is 0 Å². The summed E-state index contributed by atoms with van der Waals surface area (Å²) in [5, 5.41) is 16.9. The first-order chi connectivity index (χ1) is 18.2. The topological polar surface area (TPSA) is 67.8 Å².